The molecular formula is C27H32FN5O. The molecule has 5 rings (SSSR count). The number of hydrogen-bond donors (Lipinski definition) is 0. The number of ether oxygens (including phenoxy) is 1. The third kappa shape index (κ3) is 5.25. The number of hydrogen-bond acceptors (Lipinski definition) is 6. The molecule has 7 heteroatoms. The van der Waals surface area contributed by atoms with Crippen LogP contribution in [0.25, 0.3) is 11.3 Å². The average molecular weight is 462 g/mol. The van der Waals surface area contributed by atoms with Gasteiger partial charge in [-0.05, 0) is 85.8 Å². The van der Waals surface area contributed by atoms with E-state index in [9.17, 15) is 4.39 Å². The van der Waals surface area contributed by atoms with Gasteiger partial charge >= 0.3 is 0 Å². The first-order chi connectivity index (χ1) is 16.6. The standard InChI is InChI=1S/C27H32FN5O/c1-3-19-14-29-27(30-15-19)33-10-8-21(9-11-33)24-13-22(24)17-34-16-20-5-6-23(25(28)12-20)26-7-4-18(2)31-32-26/h4-7,12,14-15,21-22,24H,3,8-11,13,16-17H2,1-2H3/t22-,24+/m0/s1. The average Bonchev–Trinajstić information content (AvgIpc) is 3.65. The summed E-state index contributed by atoms with van der Waals surface area (Å²) in [7, 11) is 0. The Kier molecular flexibility index (Phi) is 6.81. The minimum atomic E-state index is -0.288. The number of rotatable bonds is 8. The lowest BCUT2D eigenvalue weighted by Crippen LogP contribution is -2.35. The van der Waals surface area contributed by atoms with Crippen molar-refractivity contribution >= 4 is 5.95 Å². The molecule has 3 heterocycles. The molecule has 2 aliphatic rings. The lowest BCUT2D eigenvalue weighted by atomic mass is 9.91. The SMILES string of the molecule is CCc1cnc(N2CCC([C@H]3C[C@H]3COCc3ccc(-c4ccc(C)nn4)c(F)c3)CC2)nc1. The maximum atomic E-state index is 14.6. The van der Waals surface area contributed by atoms with Crippen LogP contribution in [0.5, 0.6) is 0 Å². The molecule has 3 aromatic rings. The van der Waals surface area contributed by atoms with Crippen molar-refractivity contribution in [2.45, 2.75) is 46.1 Å². The lowest BCUT2D eigenvalue weighted by Gasteiger charge is -2.32. The van der Waals surface area contributed by atoms with Gasteiger partial charge in [0.1, 0.15) is 5.82 Å². The number of benzene rings is 1. The summed E-state index contributed by atoms with van der Waals surface area (Å²) in [6, 6.07) is 8.86. The molecule has 2 atom stereocenters. The van der Waals surface area contributed by atoms with Crippen molar-refractivity contribution in [1.82, 2.24) is 20.2 Å². The van der Waals surface area contributed by atoms with Crippen LogP contribution in [-0.2, 0) is 17.8 Å². The highest BCUT2D eigenvalue weighted by Gasteiger charge is 2.43. The van der Waals surface area contributed by atoms with Crippen molar-refractivity contribution in [3.63, 3.8) is 0 Å². The zero-order valence-corrected chi connectivity index (χ0v) is 20.0. The van der Waals surface area contributed by atoms with Gasteiger partial charge in [-0.15, -0.1) is 0 Å². The van der Waals surface area contributed by atoms with Gasteiger partial charge in [-0.3, -0.25) is 0 Å². The molecule has 0 amide bonds. The zero-order valence-electron chi connectivity index (χ0n) is 20.0. The van der Waals surface area contributed by atoms with Gasteiger partial charge in [-0.2, -0.15) is 10.2 Å². The fraction of sp³-hybridized carbons (Fsp3) is 0.481. The molecule has 1 aliphatic heterocycles. The van der Waals surface area contributed by atoms with Crippen LogP contribution in [0, 0.1) is 30.5 Å². The summed E-state index contributed by atoms with van der Waals surface area (Å²) in [5.74, 6) is 2.71. The molecule has 1 aliphatic carbocycles. The van der Waals surface area contributed by atoms with Crippen LogP contribution >= 0.6 is 0 Å². The van der Waals surface area contributed by atoms with Crippen LogP contribution in [0.1, 0.15) is 43.0 Å². The van der Waals surface area contributed by atoms with E-state index in [1.54, 1.807) is 18.2 Å². The summed E-state index contributed by atoms with van der Waals surface area (Å²) < 4.78 is 20.6. The van der Waals surface area contributed by atoms with E-state index >= 15 is 0 Å². The van der Waals surface area contributed by atoms with E-state index in [1.807, 2.05) is 31.5 Å². The summed E-state index contributed by atoms with van der Waals surface area (Å²) in [4.78, 5) is 11.4. The van der Waals surface area contributed by atoms with E-state index in [0.29, 0.717) is 23.8 Å². The van der Waals surface area contributed by atoms with Gasteiger partial charge in [0.25, 0.3) is 0 Å². The Morgan fingerprint density at radius 2 is 1.82 bits per heavy atom. The fourth-order valence-electron chi connectivity index (χ4n) is 4.99. The molecule has 0 radical (unpaired) electrons. The molecule has 0 bridgehead atoms. The molecule has 0 spiro atoms. The number of aryl methyl sites for hydroxylation is 2. The van der Waals surface area contributed by atoms with Crippen LogP contribution in [0.4, 0.5) is 10.3 Å². The molecule has 0 N–H and O–H groups in total. The predicted molar refractivity (Wildman–Crippen MR) is 130 cm³/mol. The van der Waals surface area contributed by atoms with Crippen LogP contribution < -0.4 is 4.90 Å². The van der Waals surface area contributed by atoms with E-state index in [1.165, 1.54) is 24.8 Å². The largest absolute Gasteiger partial charge is 0.376 e. The molecule has 0 unspecified atom stereocenters. The Bertz CT molecular complexity index is 1100. The second kappa shape index (κ2) is 10.1. The van der Waals surface area contributed by atoms with Gasteiger partial charge in [-0.1, -0.05) is 13.0 Å². The van der Waals surface area contributed by atoms with Crippen LogP contribution in [-0.4, -0.2) is 39.9 Å². The summed E-state index contributed by atoms with van der Waals surface area (Å²) >= 11 is 0. The number of piperidine rings is 1. The third-order valence-electron chi connectivity index (χ3n) is 7.21. The van der Waals surface area contributed by atoms with Gasteiger partial charge in [0.2, 0.25) is 5.95 Å². The summed E-state index contributed by atoms with van der Waals surface area (Å²) in [5.41, 5.74) is 3.86. The molecule has 34 heavy (non-hydrogen) atoms. The van der Waals surface area contributed by atoms with Gasteiger partial charge in [0.05, 0.1) is 24.6 Å². The smallest absolute Gasteiger partial charge is 0.225 e. The monoisotopic (exact) mass is 461 g/mol. The minimum Gasteiger partial charge on any atom is -0.376 e. The van der Waals surface area contributed by atoms with E-state index in [0.717, 1.165) is 55.2 Å². The molecular weight excluding hydrogens is 429 g/mol. The molecule has 178 valence electrons. The first kappa shape index (κ1) is 22.8. The summed E-state index contributed by atoms with van der Waals surface area (Å²) in [6.07, 6.45) is 8.47. The Hall–Kier alpha value is -2.93. The molecule has 1 saturated heterocycles. The Labute approximate surface area is 200 Å². The van der Waals surface area contributed by atoms with Gasteiger partial charge in [0, 0.05) is 31.0 Å². The number of aromatic nitrogens is 4. The topological polar surface area (TPSA) is 64.0 Å². The highest BCUT2D eigenvalue weighted by atomic mass is 19.1. The maximum absolute atomic E-state index is 14.6. The fourth-order valence-corrected chi connectivity index (χ4v) is 4.99. The minimum absolute atomic E-state index is 0.288. The zero-order chi connectivity index (χ0) is 23.5. The van der Waals surface area contributed by atoms with E-state index in [4.69, 9.17) is 4.74 Å². The van der Waals surface area contributed by atoms with Gasteiger partial charge in [0.15, 0.2) is 0 Å². The Morgan fingerprint density at radius 3 is 2.50 bits per heavy atom. The van der Waals surface area contributed by atoms with Crippen molar-refractivity contribution in [2.75, 3.05) is 24.6 Å². The summed E-state index contributed by atoms with van der Waals surface area (Å²) in [5, 5.41) is 8.10. The predicted octanol–water partition coefficient (Wildman–Crippen LogP) is 5.01. The van der Waals surface area contributed by atoms with Crippen molar-refractivity contribution < 1.29 is 9.13 Å². The van der Waals surface area contributed by atoms with E-state index in [2.05, 4.69) is 32.0 Å². The maximum Gasteiger partial charge on any atom is 0.225 e. The third-order valence-corrected chi connectivity index (χ3v) is 7.21. The molecule has 1 saturated carbocycles. The van der Waals surface area contributed by atoms with Crippen LogP contribution in [0.2, 0.25) is 0 Å². The highest BCUT2D eigenvalue weighted by Crippen LogP contribution is 2.48. The van der Waals surface area contributed by atoms with Gasteiger partial charge in [-0.25, -0.2) is 14.4 Å². The number of nitrogens with zero attached hydrogens (tertiary/aromatic N) is 5. The normalized spacial score (nSPS) is 20.5. The van der Waals surface area contributed by atoms with Gasteiger partial charge < -0.3 is 9.64 Å². The van der Waals surface area contributed by atoms with Crippen molar-refractivity contribution in [2.24, 2.45) is 17.8 Å². The lowest BCUT2D eigenvalue weighted by molar-refractivity contribution is 0.104. The second-order valence-electron chi connectivity index (χ2n) is 9.62. The van der Waals surface area contributed by atoms with Crippen LogP contribution in [0.3, 0.4) is 0 Å². The first-order valence-corrected chi connectivity index (χ1v) is 12.3. The summed E-state index contributed by atoms with van der Waals surface area (Å²) in [6.45, 7) is 7.22. The second-order valence-corrected chi connectivity index (χ2v) is 9.62. The molecule has 2 aromatic heterocycles. The number of anilines is 1. The van der Waals surface area contributed by atoms with Crippen molar-refractivity contribution in [3.8, 4) is 11.3 Å². The van der Waals surface area contributed by atoms with E-state index < -0.39 is 0 Å². The van der Waals surface area contributed by atoms with Crippen molar-refractivity contribution in [3.05, 3.63) is 65.4 Å². The first-order valence-electron chi connectivity index (χ1n) is 12.3. The van der Waals surface area contributed by atoms with E-state index in [-0.39, 0.29) is 5.82 Å². The molecule has 1 aromatic carbocycles. The molecule has 6 nitrogen and oxygen atoms in total. The quantitative estimate of drug-likeness (QED) is 0.470. The Balaban J connectivity index is 1.05. The van der Waals surface area contributed by atoms with Crippen molar-refractivity contribution in [1.29, 1.82) is 0 Å². The van der Waals surface area contributed by atoms with Crippen LogP contribution in [0.15, 0.2) is 42.7 Å². The molecule has 2 fully saturated rings. The Morgan fingerprint density at radius 1 is 1.03 bits per heavy atom. The highest BCUT2D eigenvalue weighted by molar-refractivity contribution is 5.59. The number of halogens is 1.